The number of pyridine rings is 1. The molecule has 0 bridgehead atoms. The average molecular weight is 483 g/mol. The lowest BCUT2D eigenvalue weighted by Crippen LogP contribution is -2.43. The van der Waals surface area contributed by atoms with Gasteiger partial charge in [-0.15, -0.1) is 0 Å². The average Bonchev–Trinajstić information content (AvgIpc) is 2.84. The third-order valence-corrected chi connectivity index (χ3v) is 5.71. The number of carbonyl (C=O) groups is 3. The van der Waals surface area contributed by atoms with Crippen molar-refractivity contribution in [3.63, 3.8) is 0 Å². The molecule has 0 fully saturated rings. The minimum atomic E-state index is -0.533. The Morgan fingerprint density at radius 2 is 1.83 bits per heavy atom. The molecule has 2 aromatic rings. The predicted octanol–water partition coefficient (Wildman–Crippen LogP) is 3.54. The summed E-state index contributed by atoms with van der Waals surface area (Å²) in [5.74, 6) is -0.538. The van der Waals surface area contributed by atoms with Crippen molar-refractivity contribution in [2.75, 3.05) is 20.2 Å². The van der Waals surface area contributed by atoms with E-state index in [-0.39, 0.29) is 30.7 Å². The maximum Gasteiger partial charge on any atom is 0.242 e. The smallest absolute Gasteiger partial charge is 0.242 e. The van der Waals surface area contributed by atoms with Crippen LogP contribution in [0.15, 0.2) is 42.7 Å². The van der Waals surface area contributed by atoms with Crippen LogP contribution in [0.4, 0.5) is 0 Å². The van der Waals surface area contributed by atoms with Crippen molar-refractivity contribution in [3.05, 3.63) is 48.3 Å². The lowest BCUT2D eigenvalue weighted by Gasteiger charge is -2.24. The van der Waals surface area contributed by atoms with Crippen LogP contribution in [0.2, 0.25) is 0 Å². The zero-order valence-electron chi connectivity index (χ0n) is 21.3. The molecular formula is C27H38N4O4. The van der Waals surface area contributed by atoms with Crippen LogP contribution in [0, 0.1) is 11.8 Å². The first-order chi connectivity index (χ1) is 16.7. The molecule has 0 radical (unpaired) electrons. The van der Waals surface area contributed by atoms with Crippen LogP contribution in [0.25, 0.3) is 11.1 Å². The third kappa shape index (κ3) is 9.39. The molecule has 1 heterocycles. The van der Waals surface area contributed by atoms with Gasteiger partial charge in [-0.25, -0.2) is 0 Å². The van der Waals surface area contributed by atoms with Gasteiger partial charge < -0.3 is 20.7 Å². The van der Waals surface area contributed by atoms with E-state index in [1.54, 1.807) is 24.4 Å². The fourth-order valence-corrected chi connectivity index (χ4v) is 3.89. The molecule has 0 saturated heterocycles. The first kappa shape index (κ1) is 27.8. The number of nitrogens with zero attached hydrogens (tertiary/aromatic N) is 2. The molecule has 0 aliphatic rings. The van der Waals surface area contributed by atoms with Gasteiger partial charge in [-0.3, -0.25) is 19.4 Å². The highest BCUT2D eigenvalue weighted by Gasteiger charge is 2.23. The molecule has 1 aromatic heterocycles. The second-order valence-corrected chi connectivity index (χ2v) is 9.19. The molecule has 35 heavy (non-hydrogen) atoms. The van der Waals surface area contributed by atoms with Gasteiger partial charge in [0, 0.05) is 43.4 Å². The van der Waals surface area contributed by atoms with Crippen LogP contribution in [0.3, 0.4) is 0 Å². The van der Waals surface area contributed by atoms with Crippen molar-refractivity contribution in [2.45, 2.75) is 53.0 Å². The van der Waals surface area contributed by atoms with Gasteiger partial charge in [0.05, 0.1) is 13.7 Å². The Hall–Kier alpha value is -3.42. The van der Waals surface area contributed by atoms with Crippen LogP contribution in [-0.4, -0.2) is 47.8 Å². The molecule has 1 atom stereocenters. The summed E-state index contributed by atoms with van der Waals surface area (Å²) >= 11 is 0. The van der Waals surface area contributed by atoms with Crippen molar-refractivity contribution in [2.24, 2.45) is 17.6 Å². The summed E-state index contributed by atoms with van der Waals surface area (Å²) in [6, 6.07) is 9.74. The van der Waals surface area contributed by atoms with Gasteiger partial charge in [-0.2, -0.15) is 0 Å². The molecule has 1 unspecified atom stereocenters. The summed E-state index contributed by atoms with van der Waals surface area (Å²) in [6.07, 6.45) is 5.84. The van der Waals surface area contributed by atoms with Crippen LogP contribution in [0.1, 0.15) is 52.0 Å². The number of benzene rings is 1. The highest BCUT2D eigenvalue weighted by Crippen LogP contribution is 2.23. The molecule has 8 heteroatoms. The molecule has 0 aliphatic heterocycles. The van der Waals surface area contributed by atoms with Gasteiger partial charge in [0.25, 0.3) is 0 Å². The Morgan fingerprint density at radius 3 is 2.43 bits per heavy atom. The Morgan fingerprint density at radius 1 is 1.11 bits per heavy atom. The van der Waals surface area contributed by atoms with E-state index in [0.717, 1.165) is 35.3 Å². The summed E-state index contributed by atoms with van der Waals surface area (Å²) < 4.78 is 5.22. The van der Waals surface area contributed by atoms with E-state index in [4.69, 9.17) is 10.5 Å². The number of nitrogens with one attached hydrogen (secondary N) is 1. The van der Waals surface area contributed by atoms with Gasteiger partial charge in [0.1, 0.15) is 5.75 Å². The molecule has 3 N–H and O–H groups in total. The van der Waals surface area contributed by atoms with Gasteiger partial charge in [-0.1, -0.05) is 39.3 Å². The quantitative estimate of drug-likeness (QED) is 0.427. The molecule has 190 valence electrons. The molecule has 0 spiro atoms. The fourth-order valence-electron chi connectivity index (χ4n) is 3.89. The number of hydrogen-bond acceptors (Lipinski definition) is 5. The van der Waals surface area contributed by atoms with Crippen LogP contribution >= 0.6 is 0 Å². The van der Waals surface area contributed by atoms with E-state index >= 15 is 0 Å². The van der Waals surface area contributed by atoms with Gasteiger partial charge in [-0.05, 0) is 48.1 Å². The van der Waals surface area contributed by atoms with E-state index in [0.29, 0.717) is 19.5 Å². The second kappa shape index (κ2) is 14.1. The molecule has 1 aromatic carbocycles. The molecule has 8 nitrogen and oxygen atoms in total. The number of hydrogen-bond donors (Lipinski definition) is 2. The Balaban J connectivity index is 2.08. The van der Waals surface area contributed by atoms with Crippen LogP contribution in [-0.2, 0) is 20.9 Å². The summed E-state index contributed by atoms with van der Waals surface area (Å²) in [6.45, 7) is 6.87. The highest BCUT2D eigenvalue weighted by molar-refractivity contribution is 5.88. The van der Waals surface area contributed by atoms with E-state index in [1.165, 1.54) is 0 Å². The number of ether oxygens (including phenoxy) is 1. The van der Waals surface area contributed by atoms with Crippen LogP contribution < -0.4 is 15.8 Å². The monoisotopic (exact) mass is 482 g/mol. The van der Waals surface area contributed by atoms with Gasteiger partial charge in [0.15, 0.2) is 0 Å². The van der Waals surface area contributed by atoms with Crippen molar-refractivity contribution >= 4 is 17.7 Å². The largest absolute Gasteiger partial charge is 0.497 e. The summed E-state index contributed by atoms with van der Waals surface area (Å²) in [5.41, 5.74) is 8.17. The Labute approximate surface area is 208 Å². The molecule has 0 aliphatic carbocycles. The van der Waals surface area contributed by atoms with Gasteiger partial charge in [0.2, 0.25) is 17.7 Å². The second-order valence-electron chi connectivity index (χ2n) is 9.19. The van der Waals surface area contributed by atoms with Crippen molar-refractivity contribution in [1.29, 1.82) is 0 Å². The molecular weight excluding hydrogens is 444 g/mol. The standard InChI is InChI=1S/C27H38N4O4/c1-5-6-11-31(26(33)17-30-27(34)22(12-19(2)3)14-25(28)32)18-20-13-23(16-29-15-20)21-7-9-24(35-4)10-8-21/h7-10,13,15-16,19,22H,5-6,11-12,14,17-18H2,1-4H3,(H2,28,32)(H,30,34). The normalized spacial score (nSPS) is 11.7. The number of aromatic nitrogens is 1. The maximum absolute atomic E-state index is 13.0. The van der Waals surface area contributed by atoms with E-state index in [2.05, 4.69) is 17.2 Å². The van der Waals surface area contributed by atoms with Gasteiger partial charge >= 0.3 is 0 Å². The summed E-state index contributed by atoms with van der Waals surface area (Å²) in [4.78, 5) is 43.2. The Bertz CT molecular complexity index is 975. The van der Waals surface area contributed by atoms with Crippen LogP contribution in [0.5, 0.6) is 5.75 Å². The van der Waals surface area contributed by atoms with E-state index in [9.17, 15) is 14.4 Å². The number of unbranched alkanes of at least 4 members (excludes halogenated alkanes) is 1. The first-order valence-electron chi connectivity index (χ1n) is 12.2. The summed E-state index contributed by atoms with van der Waals surface area (Å²) in [5, 5.41) is 2.72. The predicted molar refractivity (Wildman–Crippen MR) is 136 cm³/mol. The van der Waals surface area contributed by atoms with E-state index in [1.807, 2.05) is 44.2 Å². The zero-order chi connectivity index (χ0) is 25.8. The molecule has 3 amide bonds. The number of primary amides is 1. The number of methoxy groups -OCH3 is 1. The van der Waals surface area contributed by atoms with Crippen molar-refractivity contribution < 1.29 is 19.1 Å². The maximum atomic E-state index is 13.0. The number of rotatable bonds is 14. The lowest BCUT2D eigenvalue weighted by molar-refractivity contribution is -0.135. The Kier molecular flexibility index (Phi) is 11.2. The third-order valence-electron chi connectivity index (χ3n) is 5.71. The fraction of sp³-hybridized carbons (Fsp3) is 0.481. The zero-order valence-corrected chi connectivity index (χ0v) is 21.3. The number of carbonyl (C=O) groups excluding carboxylic acids is 3. The van der Waals surface area contributed by atoms with Crippen molar-refractivity contribution in [3.8, 4) is 16.9 Å². The topological polar surface area (TPSA) is 115 Å². The first-order valence-corrected chi connectivity index (χ1v) is 12.2. The number of amides is 3. The lowest BCUT2D eigenvalue weighted by atomic mass is 9.93. The number of nitrogens with two attached hydrogens (primary N) is 1. The molecule has 0 saturated carbocycles. The summed E-state index contributed by atoms with van der Waals surface area (Å²) in [7, 11) is 1.63. The highest BCUT2D eigenvalue weighted by atomic mass is 16.5. The minimum Gasteiger partial charge on any atom is -0.497 e. The van der Waals surface area contributed by atoms with Crippen molar-refractivity contribution in [1.82, 2.24) is 15.2 Å². The molecule has 2 rings (SSSR count). The minimum absolute atomic E-state index is 0.0262. The van der Waals surface area contributed by atoms with E-state index < -0.39 is 11.8 Å². The SMILES string of the molecule is CCCCN(Cc1cncc(-c2ccc(OC)cc2)c1)C(=O)CNC(=O)C(CC(N)=O)CC(C)C.